The third kappa shape index (κ3) is 4.06. The summed E-state index contributed by atoms with van der Waals surface area (Å²) >= 11 is 0. The maximum absolute atomic E-state index is 14.0. The molecule has 0 aliphatic heterocycles. The lowest BCUT2D eigenvalue weighted by molar-refractivity contribution is -0.385. The van der Waals surface area contributed by atoms with Gasteiger partial charge in [0.25, 0.3) is 5.69 Å². The highest BCUT2D eigenvalue weighted by Gasteiger charge is 2.19. The zero-order valence-electron chi connectivity index (χ0n) is 13.5. The number of nitro groups is 1. The van der Waals surface area contributed by atoms with E-state index in [1.807, 2.05) is 12.1 Å². The lowest BCUT2D eigenvalue weighted by Gasteiger charge is -2.27. The number of nitrogens with zero attached hydrogens (tertiary/aromatic N) is 2. The van der Waals surface area contributed by atoms with E-state index in [1.165, 1.54) is 12.1 Å². The summed E-state index contributed by atoms with van der Waals surface area (Å²) in [6.07, 6.45) is 0. The molecule has 0 aromatic heterocycles. The summed E-state index contributed by atoms with van der Waals surface area (Å²) in [5, 5.41) is 20.3. The Balaban J connectivity index is 2.16. The van der Waals surface area contributed by atoms with Gasteiger partial charge in [-0.2, -0.15) is 0 Å². The van der Waals surface area contributed by atoms with Crippen LogP contribution in [0.5, 0.6) is 5.75 Å². The zero-order valence-corrected chi connectivity index (χ0v) is 13.5. The van der Waals surface area contributed by atoms with Crippen molar-refractivity contribution in [3.05, 3.63) is 69.5 Å². The highest BCUT2D eigenvalue weighted by atomic mass is 19.1. The SMILES string of the molecule is COc1ccc(C(CO)N(C)Cc2ccc([N+](=O)[O-])cc2F)cc1. The Kier molecular flexibility index (Phi) is 5.83. The van der Waals surface area contributed by atoms with E-state index in [9.17, 15) is 19.6 Å². The highest BCUT2D eigenvalue weighted by Crippen LogP contribution is 2.25. The average Bonchev–Trinajstić information content (AvgIpc) is 2.57. The van der Waals surface area contributed by atoms with Crippen LogP contribution < -0.4 is 4.74 Å². The molecule has 0 heterocycles. The van der Waals surface area contributed by atoms with E-state index in [4.69, 9.17) is 4.74 Å². The van der Waals surface area contributed by atoms with Gasteiger partial charge < -0.3 is 9.84 Å². The van der Waals surface area contributed by atoms with Gasteiger partial charge in [0, 0.05) is 18.2 Å². The van der Waals surface area contributed by atoms with Crippen LogP contribution in [0.25, 0.3) is 0 Å². The fourth-order valence-corrected chi connectivity index (χ4v) is 2.48. The fraction of sp³-hybridized carbons (Fsp3) is 0.294. The molecule has 0 amide bonds. The van der Waals surface area contributed by atoms with Crippen LogP contribution in [0.2, 0.25) is 0 Å². The Bertz CT molecular complexity index is 706. The van der Waals surface area contributed by atoms with Gasteiger partial charge in [-0.25, -0.2) is 4.39 Å². The molecule has 6 nitrogen and oxygen atoms in total. The standard InChI is InChI=1S/C17H19FN2O4/c1-19(10-13-3-6-14(20(22)23)9-16(13)18)17(11-21)12-4-7-15(24-2)8-5-12/h3-9,17,21H,10-11H2,1-2H3. The summed E-state index contributed by atoms with van der Waals surface area (Å²) in [7, 11) is 3.33. The van der Waals surface area contributed by atoms with Gasteiger partial charge in [-0.05, 0) is 30.8 Å². The van der Waals surface area contributed by atoms with Crippen molar-refractivity contribution < 1.29 is 19.2 Å². The van der Waals surface area contributed by atoms with Crippen molar-refractivity contribution in [3.63, 3.8) is 0 Å². The molecule has 0 aliphatic carbocycles. The van der Waals surface area contributed by atoms with Gasteiger partial charge in [0.15, 0.2) is 0 Å². The molecule has 1 N–H and O–H groups in total. The van der Waals surface area contributed by atoms with E-state index in [1.54, 1.807) is 31.2 Å². The summed E-state index contributed by atoms with van der Waals surface area (Å²) in [4.78, 5) is 11.8. The minimum absolute atomic E-state index is 0.141. The summed E-state index contributed by atoms with van der Waals surface area (Å²) in [6, 6.07) is 10.5. The maximum Gasteiger partial charge on any atom is 0.272 e. The molecule has 0 aliphatic rings. The normalized spacial score (nSPS) is 12.2. The van der Waals surface area contributed by atoms with Crippen molar-refractivity contribution in [1.29, 1.82) is 0 Å². The number of aliphatic hydroxyl groups excluding tert-OH is 1. The molecule has 2 aromatic carbocycles. The van der Waals surface area contributed by atoms with Gasteiger partial charge in [-0.1, -0.05) is 12.1 Å². The molecule has 0 fully saturated rings. The van der Waals surface area contributed by atoms with Crippen LogP contribution >= 0.6 is 0 Å². The molecule has 7 heteroatoms. The Hall–Kier alpha value is -2.51. The molecular formula is C17H19FN2O4. The molecule has 0 radical (unpaired) electrons. The van der Waals surface area contributed by atoms with Crippen molar-refractivity contribution in [2.45, 2.75) is 12.6 Å². The minimum atomic E-state index is -0.637. The van der Waals surface area contributed by atoms with Gasteiger partial charge in [0.1, 0.15) is 11.6 Å². The number of hydrogen-bond donors (Lipinski definition) is 1. The highest BCUT2D eigenvalue weighted by molar-refractivity contribution is 5.34. The predicted octanol–water partition coefficient (Wildman–Crippen LogP) is 2.91. The second-order valence-corrected chi connectivity index (χ2v) is 5.42. The Morgan fingerprint density at radius 2 is 1.96 bits per heavy atom. The molecule has 128 valence electrons. The first kappa shape index (κ1) is 17.8. The Labute approximate surface area is 139 Å². The largest absolute Gasteiger partial charge is 0.497 e. The first-order valence-electron chi connectivity index (χ1n) is 7.34. The van der Waals surface area contributed by atoms with E-state index >= 15 is 0 Å². The van der Waals surface area contributed by atoms with Crippen molar-refractivity contribution in [1.82, 2.24) is 4.90 Å². The topological polar surface area (TPSA) is 75.8 Å². The molecule has 0 saturated heterocycles. The molecule has 24 heavy (non-hydrogen) atoms. The number of hydrogen-bond acceptors (Lipinski definition) is 5. The van der Waals surface area contributed by atoms with Gasteiger partial charge in [-0.3, -0.25) is 15.0 Å². The molecule has 1 atom stereocenters. The third-order valence-electron chi connectivity index (χ3n) is 3.87. The van der Waals surface area contributed by atoms with Gasteiger partial charge in [-0.15, -0.1) is 0 Å². The van der Waals surface area contributed by atoms with Crippen molar-refractivity contribution in [3.8, 4) is 5.75 Å². The molecule has 0 spiro atoms. The molecule has 0 saturated carbocycles. The summed E-state index contributed by atoms with van der Waals surface area (Å²) < 4.78 is 19.1. The van der Waals surface area contributed by atoms with Crippen LogP contribution in [-0.4, -0.2) is 35.7 Å². The number of non-ortho nitro benzene ring substituents is 1. The fourth-order valence-electron chi connectivity index (χ4n) is 2.48. The second kappa shape index (κ2) is 7.85. The zero-order chi connectivity index (χ0) is 17.7. The number of rotatable bonds is 7. The van der Waals surface area contributed by atoms with Crippen molar-refractivity contribution in [2.24, 2.45) is 0 Å². The van der Waals surface area contributed by atoms with Crippen LogP contribution in [0, 0.1) is 15.9 Å². The Morgan fingerprint density at radius 3 is 2.46 bits per heavy atom. The molecule has 2 rings (SSSR count). The van der Waals surface area contributed by atoms with Crippen molar-refractivity contribution >= 4 is 5.69 Å². The van der Waals surface area contributed by atoms with Crippen LogP contribution in [0.3, 0.4) is 0 Å². The second-order valence-electron chi connectivity index (χ2n) is 5.42. The number of likely N-dealkylation sites (N-methyl/N-ethyl adjacent to an activating group) is 1. The number of benzene rings is 2. The molecule has 0 bridgehead atoms. The quantitative estimate of drug-likeness (QED) is 0.622. The number of halogens is 1. The van der Waals surface area contributed by atoms with Crippen LogP contribution in [-0.2, 0) is 6.54 Å². The number of methoxy groups -OCH3 is 1. The number of nitro benzene ring substituents is 1. The minimum Gasteiger partial charge on any atom is -0.497 e. The van der Waals surface area contributed by atoms with E-state index in [0.717, 1.165) is 11.6 Å². The van der Waals surface area contributed by atoms with E-state index in [2.05, 4.69) is 0 Å². The summed E-state index contributed by atoms with van der Waals surface area (Å²) in [5.41, 5.74) is 0.908. The lowest BCUT2D eigenvalue weighted by Crippen LogP contribution is -2.27. The van der Waals surface area contributed by atoms with Crippen LogP contribution in [0.1, 0.15) is 17.2 Å². The van der Waals surface area contributed by atoms with Gasteiger partial charge >= 0.3 is 0 Å². The first-order valence-corrected chi connectivity index (χ1v) is 7.34. The summed E-state index contributed by atoms with van der Waals surface area (Å²) in [6.45, 7) is 0.0680. The lowest BCUT2D eigenvalue weighted by atomic mass is 10.1. The maximum atomic E-state index is 14.0. The van der Waals surface area contributed by atoms with Crippen LogP contribution in [0.15, 0.2) is 42.5 Å². The Morgan fingerprint density at radius 1 is 1.29 bits per heavy atom. The van der Waals surface area contributed by atoms with E-state index in [0.29, 0.717) is 11.3 Å². The summed E-state index contributed by atoms with van der Waals surface area (Å²) in [5.74, 6) is 0.0713. The first-order chi connectivity index (χ1) is 11.5. The third-order valence-corrected chi connectivity index (χ3v) is 3.87. The molecule has 1 unspecified atom stereocenters. The van der Waals surface area contributed by atoms with Crippen LogP contribution in [0.4, 0.5) is 10.1 Å². The smallest absolute Gasteiger partial charge is 0.272 e. The molecule has 2 aromatic rings. The number of ether oxygens (including phenoxy) is 1. The average molecular weight is 334 g/mol. The number of aliphatic hydroxyl groups is 1. The molecular weight excluding hydrogens is 315 g/mol. The predicted molar refractivity (Wildman–Crippen MR) is 87.3 cm³/mol. The van der Waals surface area contributed by atoms with Crippen molar-refractivity contribution in [2.75, 3.05) is 20.8 Å². The van der Waals surface area contributed by atoms with Gasteiger partial charge in [0.05, 0.1) is 30.7 Å². The van der Waals surface area contributed by atoms with Gasteiger partial charge in [0.2, 0.25) is 0 Å². The monoisotopic (exact) mass is 334 g/mol. The van der Waals surface area contributed by atoms with E-state index < -0.39 is 10.7 Å². The van der Waals surface area contributed by atoms with E-state index in [-0.39, 0.29) is 24.9 Å².